The van der Waals surface area contributed by atoms with Gasteiger partial charge in [0, 0.05) is 18.3 Å². The van der Waals surface area contributed by atoms with Gasteiger partial charge in [0.1, 0.15) is 5.69 Å². The maximum atomic E-state index is 11.9. The van der Waals surface area contributed by atoms with Gasteiger partial charge in [0.25, 0.3) is 5.91 Å². The van der Waals surface area contributed by atoms with Gasteiger partial charge in [-0.3, -0.25) is 4.79 Å². The number of aromatic carboxylic acids is 1. The molecule has 0 aliphatic rings. The lowest BCUT2D eigenvalue weighted by Gasteiger charge is -2.19. The van der Waals surface area contributed by atoms with E-state index in [0.29, 0.717) is 0 Å². The first kappa shape index (κ1) is 17.1. The molecular formula is C13H18N2O5S. The van der Waals surface area contributed by atoms with Crippen LogP contribution < -0.4 is 5.32 Å². The summed E-state index contributed by atoms with van der Waals surface area (Å²) in [5.74, 6) is -1.96. The molecule has 0 radical (unpaired) electrons. The van der Waals surface area contributed by atoms with Crippen molar-refractivity contribution in [3.8, 4) is 0 Å². The van der Waals surface area contributed by atoms with Gasteiger partial charge < -0.3 is 10.4 Å². The van der Waals surface area contributed by atoms with Crippen molar-refractivity contribution in [2.24, 2.45) is 0 Å². The van der Waals surface area contributed by atoms with E-state index in [1.807, 2.05) is 0 Å². The third-order valence-electron chi connectivity index (χ3n) is 2.83. The summed E-state index contributed by atoms with van der Waals surface area (Å²) in [5.41, 5.74) is -0.125. The van der Waals surface area contributed by atoms with Gasteiger partial charge in [-0.25, -0.2) is 18.2 Å². The van der Waals surface area contributed by atoms with Crippen LogP contribution in [0.5, 0.6) is 0 Å². The molecule has 0 saturated heterocycles. The minimum atomic E-state index is -3.32. The van der Waals surface area contributed by atoms with Gasteiger partial charge in [0.2, 0.25) is 0 Å². The van der Waals surface area contributed by atoms with E-state index >= 15 is 0 Å². The van der Waals surface area contributed by atoms with Gasteiger partial charge in [-0.05, 0) is 32.9 Å². The number of carbonyl (C=O) groups excluding carboxylic acids is 1. The summed E-state index contributed by atoms with van der Waals surface area (Å²) in [6.07, 6.45) is 1.21. The smallest absolute Gasteiger partial charge is 0.354 e. The van der Waals surface area contributed by atoms with E-state index in [0.717, 1.165) is 6.07 Å². The third kappa shape index (κ3) is 4.52. The minimum absolute atomic E-state index is 0.0385. The molecule has 21 heavy (non-hydrogen) atoms. The van der Waals surface area contributed by atoms with Crippen LogP contribution in [0.25, 0.3) is 0 Å². The van der Waals surface area contributed by atoms with E-state index in [4.69, 9.17) is 5.11 Å². The van der Waals surface area contributed by atoms with Crippen molar-refractivity contribution < 1.29 is 23.1 Å². The lowest BCUT2D eigenvalue weighted by Crippen LogP contribution is -2.36. The quantitative estimate of drug-likeness (QED) is 0.828. The Bertz CT molecular complexity index is 647. The Balaban J connectivity index is 2.67. The standard InChI is InChI=1S/C13H18N2O5S/c1-13(2,3)21(19,20)7-6-15-11(16)9-4-5-14-10(8-9)12(17)18/h4-5,8H,6-7H2,1-3H3,(H,15,16)(H,17,18). The molecule has 1 heterocycles. The molecule has 0 fully saturated rings. The van der Waals surface area contributed by atoms with Crippen LogP contribution in [0.4, 0.5) is 0 Å². The van der Waals surface area contributed by atoms with Crippen molar-refractivity contribution in [1.29, 1.82) is 0 Å². The molecule has 1 amide bonds. The van der Waals surface area contributed by atoms with E-state index in [1.54, 1.807) is 20.8 Å². The largest absolute Gasteiger partial charge is 0.477 e. The normalized spacial score (nSPS) is 12.0. The summed E-state index contributed by atoms with van der Waals surface area (Å²) in [7, 11) is -3.32. The molecule has 8 heteroatoms. The van der Waals surface area contributed by atoms with Crippen LogP contribution in [0.1, 0.15) is 41.6 Å². The number of carbonyl (C=O) groups is 2. The number of rotatable bonds is 5. The fourth-order valence-electron chi connectivity index (χ4n) is 1.40. The highest BCUT2D eigenvalue weighted by molar-refractivity contribution is 7.92. The number of hydrogen-bond donors (Lipinski definition) is 2. The second-order valence-electron chi connectivity index (χ2n) is 5.42. The predicted molar refractivity (Wildman–Crippen MR) is 77.1 cm³/mol. The molecule has 1 aromatic rings. The molecule has 7 nitrogen and oxygen atoms in total. The topological polar surface area (TPSA) is 113 Å². The zero-order valence-electron chi connectivity index (χ0n) is 12.1. The van der Waals surface area contributed by atoms with Crippen LogP contribution in [0.2, 0.25) is 0 Å². The molecule has 0 aliphatic carbocycles. The monoisotopic (exact) mass is 314 g/mol. The highest BCUT2D eigenvalue weighted by atomic mass is 32.2. The number of pyridine rings is 1. The second-order valence-corrected chi connectivity index (χ2v) is 8.28. The Labute approximate surface area is 123 Å². The van der Waals surface area contributed by atoms with Gasteiger partial charge in [0.05, 0.1) is 10.5 Å². The summed E-state index contributed by atoms with van der Waals surface area (Å²) in [6, 6.07) is 2.50. The summed E-state index contributed by atoms with van der Waals surface area (Å²) >= 11 is 0. The average Bonchev–Trinajstić information content (AvgIpc) is 2.37. The zero-order chi connectivity index (χ0) is 16.3. The van der Waals surface area contributed by atoms with Gasteiger partial charge in [-0.2, -0.15) is 0 Å². The van der Waals surface area contributed by atoms with Gasteiger partial charge >= 0.3 is 5.97 Å². The summed E-state index contributed by atoms with van der Waals surface area (Å²) < 4.78 is 22.9. The molecule has 116 valence electrons. The van der Waals surface area contributed by atoms with Gasteiger partial charge in [0.15, 0.2) is 9.84 Å². The van der Waals surface area contributed by atoms with E-state index < -0.39 is 26.5 Å². The fraction of sp³-hybridized carbons (Fsp3) is 0.462. The molecule has 0 spiro atoms. The number of aromatic nitrogens is 1. The molecule has 0 aliphatic heterocycles. The zero-order valence-corrected chi connectivity index (χ0v) is 12.9. The van der Waals surface area contributed by atoms with Crippen molar-refractivity contribution >= 4 is 21.7 Å². The van der Waals surface area contributed by atoms with Crippen LogP contribution >= 0.6 is 0 Å². The highest BCUT2D eigenvalue weighted by Crippen LogP contribution is 2.15. The molecule has 0 unspecified atom stereocenters. The Hall–Kier alpha value is -1.96. The van der Waals surface area contributed by atoms with Crippen LogP contribution in [-0.4, -0.2) is 47.4 Å². The summed E-state index contributed by atoms with van der Waals surface area (Å²) in [4.78, 5) is 26.2. The van der Waals surface area contributed by atoms with Gasteiger partial charge in [-0.15, -0.1) is 0 Å². The Morgan fingerprint density at radius 2 is 1.95 bits per heavy atom. The number of amides is 1. The van der Waals surface area contributed by atoms with Crippen LogP contribution in [0.15, 0.2) is 18.3 Å². The lowest BCUT2D eigenvalue weighted by molar-refractivity contribution is 0.0690. The number of carboxylic acids is 1. The summed E-state index contributed by atoms with van der Waals surface area (Å²) in [6.45, 7) is 4.73. The number of sulfone groups is 1. The minimum Gasteiger partial charge on any atom is -0.477 e. The molecule has 0 aromatic carbocycles. The Kier molecular flexibility index (Phi) is 5.06. The molecule has 0 bridgehead atoms. The predicted octanol–water partition coefficient (Wildman–Crippen LogP) is 0.723. The number of nitrogens with zero attached hydrogens (tertiary/aromatic N) is 1. The third-order valence-corrected chi connectivity index (χ3v) is 5.44. The average molecular weight is 314 g/mol. The van der Waals surface area contributed by atoms with Crippen molar-refractivity contribution in [2.75, 3.05) is 12.3 Å². The van der Waals surface area contributed by atoms with Crippen LogP contribution in [-0.2, 0) is 9.84 Å². The van der Waals surface area contributed by atoms with Crippen LogP contribution in [0.3, 0.4) is 0 Å². The highest BCUT2D eigenvalue weighted by Gasteiger charge is 2.28. The molecular weight excluding hydrogens is 296 g/mol. The molecule has 1 rings (SSSR count). The van der Waals surface area contributed by atoms with E-state index in [9.17, 15) is 18.0 Å². The second kappa shape index (κ2) is 6.21. The fourth-order valence-corrected chi connectivity index (χ4v) is 2.38. The van der Waals surface area contributed by atoms with Crippen molar-refractivity contribution in [3.05, 3.63) is 29.6 Å². The van der Waals surface area contributed by atoms with E-state index in [1.165, 1.54) is 12.3 Å². The summed E-state index contributed by atoms with van der Waals surface area (Å²) in [5, 5.41) is 11.2. The Morgan fingerprint density at radius 3 is 2.48 bits per heavy atom. The van der Waals surface area contributed by atoms with Crippen molar-refractivity contribution in [1.82, 2.24) is 10.3 Å². The first-order valence-corrected chi connectivity index (χ1v) is 7.89. The molecule has 0 atom stereocenters. The lowest BCUT2D eigenvalue weighted by atomic mass is 10.2. The maximum Gasteiger partial charge on any atom is 0.354 e. The first-order chi connectivity index (χ1) is 9.54. The van der Waals surface area contributed by atoms with Gasteiger partial charge in [-0.1, -0.05) is 0 Å². The van der Waals surface area contributed by atoms with Crippen molar-refractivity contribution in [3.63, 3.8) is 0 Å². The maximum absolute atomic E-state index is 11.9. The van der Waals surface area contributed by atoms with Crippen molar-refractivity contribution in [2.45, 2.75) is 25.5 Å². The van der Waals surface area contributed by atoms with E-state index in [-0.39, 0.29) is 23.6 Å². The number of carboxylic acid groups (broad SMARTS) is 1. The molecule has 0 saturated carbocycles. The van der Waals surface area contributed by atoms with Crippen LogP contribution in [0, 0.1) is 0 Å². The van der Waals surface area contributed by atoms with E-state index in [2.05, 4.69) is 10.3 Å². The number of hydrogen-bond acceptors (Lipinski definition) is 5. The first-order valence-electron chi connectivity index (χ1n) is 6.24. The SMILES string of the molecule is CC(C)(C)S(=O)(=O)CCNC(=O)c1ccnc(C(=O)O)c1. The number of nitrogens with one attached hydrogen (secondary N) is 1. The molecule has 1 aromatic heterocycles. The molecule has 2 N–H and O–H groups in total. The Morgan fingerprint density at radius 1 is 1.33 bits per heavy atom.